The van der Waals surface area contributed by atoms with Gasteiger partial charge < -0.3 is 18.8 Å². The number of benzene rings is 3. The summed E-state index contributed by atoms with van der Waals surface area (Å²) in [6, 6.07) is 24.0. The number of ether oxygens (including phenoxy) is 2. The summed E-state index contributed by atoms with van der Waals surface area (Å²) in [5.74, 6) is 0.511. The number of hydrogen-bond donors (Lipinski definition) is 0. The average molecular weight is 470 g/mol. The van der Waals surface area contributed by atoms with Crippen LogP contribution in [-0.2, 0) is 11.3 Å². The number of hydrogen-bond acceptors (Lipinski definition) is 5. The first-order valence-corrected chi connectivity index (χ1v) is 11.9. The molecule has 1 amide bonds. The van der Waals surface area contributed by atoms with Gasteiger partial charge in [-0.1, -0.05) is 54.6 Å². The lowest BCUT2D eigenvalue weighted by Crippen LogP contribution is -2.31. The SMILES string of the molecule is CCOCCCN1C(=O)c2oc3ccccc3c(=O)c2C1c1cccc(OCc2ccccc2)c1. The quantitative estimate of drug-likeness (QED) is 0.309. The van der Waals surface area contributed by atoms with Crippen LogP contribution in [0.2, 0.25) is 0 Å². The van der Waals surface area contributed by atoms with Crippen molar-refractivity contribution in [3.05, 3.63) is 112 Å². The average Bonchev–Trinajstić information content (AvgIpc) is 3.18. The van der Waals surface area contributed by atoms with Crippen LogP contribution < -0.4 is 10.2 Å². The Bertz CT molecular complexity index is 1400. The van der Waals surface area contributed by atoms with E-state index >= 15 is 0 Å². The van der Waals surface area contributed by atoms with Crippen molar-refractivity contribution in [1.29, 1.82) is 0 Å². The van der Waals surface area contributed by atoms with E-state index in [1.807, 2.05) is 61.5 Å². The Balaban J connectivity index is 1.53. The number of amides is 1. The molecule has 0 fully saturated rings. The maximum absolute atomic E-state index is 13.6. The molecule has 4 aromatic rings. The van der Waals surface area contributed by atoms with Crippen LogP contribution in [0.4, 0.5) is 0 Å². The van der Waals surface area contributed by atoms with Crippen LogP contribution >= 0.6 is 0 Å². The Labute approximate surface area is 203 Å². The fourth-order valence-electron chi connectivity index (χ4n) is 4.54. The minimum atomic E-state index is -0.555. The summed E-state index contributed by atoms with van der Waals surface area (Å²) in [5.41, 5.74) is 2.48. The summed E-state index contributed by atoms with van der Waals surface area (Å²) in [5, 5.41) is 0.469. The van der Waals surface area contributed by atoms with Crippen LogP contribution in [0.1, 0.15) is 46.6 Å². The number of carbonyl (C=O) groups is 1. The maximum atomic E-state index is 13.6. The molecule has 0 saturated heterocycles. The second-order valence-corrected chi connectivity index (χ2v) is 8.47. The van der Waals surface area contributed by atoms with E-state index in [1.165, 1.54) is 0 Å². The molecule has 1 unspecified atom stereocenters. The zero-order valence-electron chi connectivity index (χ0n) is 19.6. The summed E-state index contributed by atoms with van der Waals surface area (Å²) >= 11 is 0. The van der Waals surface area contributed by atoms with Gasteiger partial charge in [-0.2, -0.15) is 0 Å². The second-order valence-electron chi connectivity index (χ2n) is 8.47. The molecular weight excluding hydrogens is 442 g/mol. The van der Waals surface area contributed by atoms with Crippen LogP contribution in [0.5, 0.6) is 5.75 Å². The number of nitrogens with zero attached hydrogens (tertiary/aromatic N) is 1. The summed E-state index contributed by atoms with van der Waals surface area (Å²) in [7, 11) is 0. The van der Waals surface area contributed by atoms with Crippen LogP contribution in [0.25, 0.3) is 11.0 Å². The molecule has 0 radical (unpaired) electrons. The summed E-state index contributed by atoms with van der Waals surface area (Å²) < 4.78 is 17.5. The lowest BCUT2D eigenvalue weighted by atomic mass is 9.98. The molecule has 6 nitrogen and oxygen atoms in total. The van der Waals surface area contributed by atoms with Crippen molar-refractivity contribution < 1.29 is 18.7 Å². The molecule has 0 N–H and O–H groups in total. The van der Waals surface area contributed by atoms with Gasteiger partial charge in [-0.15, -0.1) is 0 Å². The van der Waals surface area contributed by atoms with Gasteiger partial charge in [0, 0.05) is 19.8 Å². The van der Waals surface area contributed by atoms with Gasteiger partial charge in [0.25, 0.3) is 5.91 Å². The predicted octanol–water partition coefficient (Wildman–Crippen LogP) is 5.34. The van der Waals surface area contributed by atoms with Gasteiger partial charge in [0.1, 0.15) is 17.9 Å². The van der Waals surface area contributed by atoms with Gasteiger partial charge in [0.05, 0.1) is 17.0 Å². The fourth-order valence-corrected chi connectivity index (χ4v) is 4.54. The van der Waals surface area contributed by atoms with Crippen LogP contribution in [0.3, 0.4) is 0 Å². The Kier molecular flexibility index (Phi) is 6.64. The first kappa shape index (κ1) is 22.9. The molecule has 1 aliphatic rings. The van der Waals surface area contributed by atoms with Gasteiger partial charge >= 0.3 is 0 Å². The molecule has 178 valence electrons. The van der Waals surface area contributed by atoms with Gasteiger partial charge in [0.15, 0.2) is 5.43 Å². The molecular formula is C29H27NO5. The maximum Gasteiger partial charge on any atom is 0.290 e. The van der Waals surface area contributed by atoms with Crippen LogP contribution in [0.15, 0.2) is 88.1 Å². The lowest BCUT2D eigenvalue weighted by molar-refractivity contribution is 0.0695. The van der Waals surface area contributed by atoms with E-state index in [2.05, 4.69) is 0 Å². The van der Waals surface area contributed by atoms with Gasteiger partial charge in [0.2, 0.25) is 5.76 Å². The normalized spacial score (nSPS) is 14.9. The molecule has 5 rings (SSSR count). The number of fused-ring (bicyclic) bond motifs is 2. The monoisotopic (exact) mass is 469 g/mol. The number of rotatable bonds is 9. The number of carbonyl (C=O) groups excluding carboxylic acids is 1. The van der Waals surface area contributed by atoms with Gasteiger partial charge in [-0.25, -0.2) is 0 Å². The molecule has 0 spiro atoms. The Morgan fingerprint density at radius 3 is 2.57 bits per heavy atom. The van der Waals surface area contributed by atoms with Crippen molar-refractivity contribution in [2.45, 2.75) is 26.0 Å². The van der Waals surface area contributed by atoms with Gasteiger partial charge in [-0.05, 0) is 48.7 Å². The smallest absolute Gasteiger partial charge is 0.290 e. The van der Waals surface area contributed by atoms with Crippen molar-refractivity contribution >= 4 is 16.9 Å². The zero-order chi connectivity index (χ0) is 24.2. The molecule has 2 heterocycles. The van der Waals surface area contributed by atoms with Crippen LogP contribution in [-0.4, -0.2) is 30.6 Å². The van der Waals surface area contributed by atoms with E-state index < -0.39 is 6.04 Å². The molecule has 0 saturated carbocycles. The van der Waals surface area contributed by atoms with E-state index in [1.54, 1.807) is 29.2 Å². The third-order valence-corrected chi connectivity index (χ3v) is 6.19. The Morgan fingerprint density at radius 2 is 1.74 bits per heavy atom. The van der Waals surface area contributed by atoms with E-state index in [0.717, 1.165) is 11.1 Å². The van der Waals surface area contributed by atoms with Crippen molar-refractivity contribution in [1.82, 2.24) is 4.90 Å². The number of para-hydroxylation sites is 1. The summed E-state index contributed by atoms with van der Waals surface area (Å²) in [4.78, 5) is 28.7. The third kappa shape index (κ3) is 4.57. The highest BCUT2D eigenvalue weighted by molar-refractivity contribution is 5.99. The zero-order valence-corrected chi connectivity index (χ0v) is 19.6. The molecule has 0 bridgehead atoms. The summed E-state index contributed by atoms with van der Waals surface area (Å²) in [6.07, 6.45) is 0.655. The van der Waals surface area contributed by atoms with Crippen molar-refractivity contribution in [2.75, 3.05) is 19.8 Å². The van der Waals surface area contributed by atoms with E-state index in [-0.39, 0.29) is 17.1 Å². The molecule has 3 aromatic carbocycles. The molecule has 6 heteroatoms. The molecule has 35 heavy (non-hydrogen) atoms. The molecule has 1 aromatic heterocycles. The first-order chi connectivity index (χ1) is 17.2. The van der Waals surface area contributed by atoms with E-state index in [9.17, 15) is 9.59 Å². The van der Waals surface area contributed by atoms with Crippen molar-refractivity contribution in [2.24, 2.45) is 0 Å². The van der Waals surface area contributed by atoms with E-state index in [4.69, 9.17) is 13.9 Å². The highest BCUT2D eigenvalue weighted by Crippen LogP contribution is 2.39. The largest absolute Gasteiger partial charge is 0.489 e. The first-order valence-electron chi connectivity index (χ1n) is 11.9. The fraction of sp³-hybridized carbons (Fsp3) is 0.241. The highest BCUT2D eigenvalue weighted by atomic mass is 16.5. The van der Waals surface area contributed by atoms with Crippen LogP contribution in [0, 0.1) is 0 Å². The minimum absolute atomic E-state index is 0.116. The molecule has 0 aliphatic carbocycles. The Morgan fingerprint density at radius 1 is 0.943 bits per heavy atom. The van der Waals surface area contributed by atoms with E-state index in [0.29, 0.717) is 55.1 Å². The lowest BCUT2D eigenvalue weighted by Gasteiger charge is -2.25. The minimum Gasteiger partial charge on any atom is -0.489 e. The topological polar surface area (TPSA) is 69.0 Å². The standard InChI is InChI=1S/C29H27NO5/c1-2-33-17-9-16-30-26(21-12-8-13-22(18-21)34-19-20-10-4-3-5-11-20)25-27(31)23-14-6-7-15-24(23)35-28(25)29(30)32/h3-8,10-15,18,26H,2,9,16-17,19H2,1H3. The molecule has 1 atom stereocenters. The second kappa shape index (κ2) is 10.2. The summed E-state index contributed by atoms with van der Waals surface area (Å²) in [6.45, 7) is 3.96. The highest BCUT2D eigenvalue weighted by Gasteiger charge is 2.42. The predicted molar refractivity (Wildman–Crippen MR) is 134 cm³/mol. The van der Waals surface area contributed by atoms with Crippen molar-refractivity contribution in [3.8, 4) is 5.75 Å². The Hall–Kier alpha value is -3.90. The van der Waals surface area contributed by atoms with Gasteiger partial charge in [-0.3, -0.25) is 9.59 Å². The third-order valence-electron chi connectivity index (χ3n) is 6.19. The van der Waals surface area contributed by atoms with Crippen molar-refractivity contribution in [3.63, 3.8) is 0 Å². The molecule has 1 aliphatic heterocycles.